The first-order valence-corrected chi connectivity index (χ1v) is 12.8. The number of rotatable bonds is 7. The summed E-state index contributed by atoms with van der Waals surface area (Å²) in [6.07, 6.45) is 6.57. The van der Waals surface area contributed by atoms with Crippen molar-refractivity contribution in [3.8, 4) is 11.4 Å². The molecule has 0 bridgehead atoms. The van der Waals surface area contributed by atoms with E-state index in [0.29, 0.717) is 35.7 Å². The van der Waals surface area contributed by atoms with Crippen molar-refractivity contribution in [2.75, 3.05) is 18.6 Å². The second-order valence-corrected chi connectivity index (χ2v) is 9.98. The van der Waals surface area contributed by atoms with Crippen molar-refractivity contribution < 1.29 is 18.5 Å². The Bertz CT molecular complexity index is 1520. The minimum absolute atomic E-state index is 0.0969. The molecule has 2 aromatic carbocycles. The summed E-state index contributed by atoms with van der Waals surface area (Å²) < 4.78 is 13.6. The molecular weight excluding hydrogens is 502 g/mol. The maximum Gasteiger partial charge on any atom is 0.370 e. The zero-order valence-corrected chi connectivity index (χ0v) is 22.0. The Morgan fingerprint density at radius 1 is 1.08 bits per heavy atom. The average molecular weight is 530 g/mol. The summed E-state index contributed by atoms with van der Waals surface area (Å²) in [5.74, 6) is 0.771. The number of hydrogen-bond acceptors (Lipinski definition) is 7. The van der Waals surface area contributed by atoms with Crippen LogP contribution in [0, 0.1) is 6.92 Å². The smallest absolute Gasteiger partial charge is 0.370 e. The van der Waals surface area contributed by atoms with E-state index in [-0.39, 0.29) is 17.0 Å². The number of aromatic nitrogens is 4. The second-order valence-electron chi connectivity index (χ2n) is 9.80. The summed E-state index contributed by atoms with van der Waals surface area (Å²) in [5, 5.41) is 4.46. The lowest BCUT2D eigenvalue weighted by atomic mass is 9.95. The van der Waals surface area contributed by atoms with Gasteiger partial charge in [-0.15, -0.1) is 0 Å². The van der Waals surface area contributed by atoms with Gasteiger partial charge in [-0.25, -0.2) is 14.5 Å². The number of ether oxygens (including phenoxy) is 1. The van der Waals surface area contributed by atoms with Crippen LogP contribution in [0.15, 0.2) is 60.9 Å². The standard InChI is InChI=1S/C28H27N5O4S/c1-18-29-14-16-31(18)17-28(12-13-28)19-3-5-20(6-4-19)32-15-11-23-24(27(35)37-38)30-33(25(23)26(32)34)21-7-9-22(36-2)10-8-21/h3-10,14,16,38H,11-13,15,17H2,1-2H3. The summed E-state index contributed by atoms with van der Waals surface area (Å²) in [4.78, 5) is 32.4. The van der Waals surface area contributed by atoms with E-state index >= 15 is 0 Å². The van der Waals surface area contributed by atoms with Crippen LogP contribution in [0.1, 0.15) is 50.8 Å². The fraction of sp³-hybridized carbons (Fsp3) is 0.286. The second kappa shape index (κ2) is 9.36. The molecule has 1 fully saturated rings. The molecule has 1 amide bonds. The van der Waals surface area contributed by atoms with Crippen LogP contribution >= 0.6 is 12.9 Å². The molecule has 2 aliphatic rings. The van der Waals surface area contributed by atoms with Gasteiger partial charge in [-0.2, -0.15) is 5.10 Å². The zero-order chi connectivity index (χ0) is 26.4. The van der Waals surface area contributed by atoms with Gasteiger partial charge in [0.25, 0.3) is 5.91 Å². The van der Waals surface area contributed by atoms with Crippen LogP contribution in [-0.2, 0) is 22.6 Å². The molecule has 10 heteroatoms. The number of methoxy groups -OCH3 is 1. The minimum Gasteiger partial charge on any atom is -0.497 e. The quantitative estimate of drug-likeness (QED) is 0.283. The van der Waals surface area contributed by atoms with Crippen molar-refractivity contribution in [1.82, 2.24) is 19.3 Å². The fourth-order valence-corrected chi connectivity index (χ4v) is 5.39. The molecule has 3 heterocycles. The van der Waals surface area contributed by atoms with Gasteiger partial charge in [0.15, 0.2) is 5.69 Å². The SMILES string of the molecule is COc1ccc(-n2nc(C(=O)OS)c3c2C(=O)N(c2ccc(C4(Cn5ccnc5C)CC4)cc2)CC3)cc1. The number of aryl methyl sites for hydroxylation is 1. The largest absolute Gasteiger partial charge is 0.497 e. The van der Waals surface area contributed by atoms with Crippen LogP contribution in [-0.4, -0.2) is 44.9 Å². The molecule has 1 saturated carbocycles. The summed E-state index contributed by atoms with van der Waals surface area (Å²) in [7, 11) is 1.59. The molecule has 6 rings (SSSR count). The van der Waals surface area contributed by atoms with Crippen LogP contribution in [0.25, 0.3) is 5.69 Å². The number of amides is 1. The van der Waals surface area contributed by atoms with Crippen LogP contribution in [0.3, 0.4) is 0 Å². The number of fused-ring (bicyclic) bond motifs is 1. The molecule has 0 N–H and O–H groups in total. The normalized spacial score (nSPS) is 15.8. The van der Waals surface area contributed by atoms with Gasteiger partial charge in [0, 0.05) is 55.1 Å². The van der Waals surface area contributed by atoms with Crippen LogP contribution in [0.2, 0.25) is 0 Å². The first-order chi connectivity index (χ1) is 18.4. The average Bonchev–Trinajstić information content (AvgIpc) is 3.46. The topological polar surface area (TPSA) is 91.5 Å². The van der Waals surface area contributed by atoms with Gasteiger partial charge >= 0.3 is 5.97 Å². The van der Waals surface area contributed by atoms with E-state index in [9.17, 15) is 9.59 Å². The lowest BCUT2D eigenvalue weighted by molar-refractivity contribution is 0.0764. The Balaban J connectivity index is 1.32. The van der Waals surface area contributed by atoms with Crippen molar-refractivity contribution in [3.05, 3.63) is 89.3 Å². The number of nitrogens with zero attached hydrogens (tertiary/aromatic N) is 5. The predicted octanol–water partition coefficient (Wildman–Crippen LogP) is 4.32. The molecule has 9 nitrogen and oxygen atoms in total. The Labute approximate surface area is 225 Å². The highest BCUT2D eigenvalue weighted by Gasteiger charge is 2.45. The number of benzene rings is 2. The van der Waals surface area contributed by atoms with Crippen molar-refractivity contribution in [2.24, 2.45) is 0 Å². The molecule has 1 aliphatic heterocycles. The van der Waals surface area contributed by atoms with Crippen LogP contribution < -0.4 is 9.64 Å². The summed E-state index contributed by atoms with van der Waals surface area (Å²) in [6, 6.07) is 15.4. The molecule has 194 valence electrons. The molecular formula is C28H27N5O4S. The number of hydrogen-bond donors (Lipinski definition) is 1. The maximum absolute atomic E-state index is 13.9. The van der Waals surface area contributed by atoms with E-state index in [1.165, 1.54) is 10.2 Å². The lowest BCUT2D eigenvalue weighted by Gasteiger charge is -2.28. The van der Waals surface area contributed by atoms with Gasteiger partial charge < -0.3 is 18.4 Å². The lowest BCUT2D eigenvalue weighted by Crippen LogP contribution is -2.39. The van der Waals surface area contributed by atoms with E-state index < -0.39 is 5.97 Å². The third-order valence-electron chi connectivity index (χ3n) is 7.65. The first kappa shape index (κ1) is 24.3. The third-order valence-corrected chi connectivity index (χ3v) is 7.82. The van der Waals surface area contributed by atoms with Gasteiger partial charge in [-0.05, 0) is 68.1 Å². The van der Waals surface area contributed by atoms with E-state index in [0.717, 1.165) is 30.9 Å². The monoisotopic (exact) mass is 529 g/mol. The highest BCUT2D eigenvalue weighted by atomic mass is 32.1. The number of carbonyl (C=O) groups excluding carboxylic acids is 2. The predicted molar refractivity (Wildman–Crippen MR) is 144 cm³/mol. The molecule has 0 saturated heterocycles. The fourth-order valence-electron chi connectivity index (χ4n) is 5.30. The Kier molecular flexibility index (Phi) is 5.98. The molecule has 1 aliphatic carbocycles. The molecule has 4 aromatic rings. The molecule has 38 heavy (non-hydrogen) atoms. The van der Waals surface area contributed by atoms with Gasteiger partial charge in [0.2, 0.25) is 0 Å². The van der Waals surface area contributed by atoms with Crippen molar-refractivity contribution in [1.29, 1.82) is 0 Å². The number of thiol groups is 1. The first-order valence-electron chi connectivity index (χ1n) is 12.5. The highest BCUT2D eigenvalue weighted by molar-refractivity contribution is 7.75. The Morgan fingerprint density at radius 2 is 1.79 bits per heavy atom. The third kappa shape index (κ3) is 4.05. The van der Waals surface area contributed by atoms with Gasteiger partial charge in [-0.1, -0.05) is 12.1 Å². The summed E-state index contributed by atoms with van der Waals surface area (Å²) in [6.45, 7) is 3.34. The maximum atomic E-state index is 13.9. The van der Waals surface area contributed by atoms with Crippen LogP contribution in [0.5, 0.6) is 5.75 Å². The number of anilines is 1. The van der Waals surface area contributed by atoms with E-state index in [2.05, 4.69) is 43.9 Å². The molecule has 2 aromatic heterocycles. The number of carbonyl (C=O) groups is 2. The van der Waals surface area contributed by atoms with E-state index in [1.54, 1.807) is 36.3 Å². The van der Waals surface area contributed by atoms with E-state index in [1.807, 2.05) is 31.5 Å². The molecule has 0 spiro atoms. The van der Waals surface area contributed by atoms with E-state index in [4.69, 9.17) is 4.74 Å². The summed E-state index contributed by atoms with van der Waals surface area (Å²) >= 11 is 3.67. The van der Waals surface area contributed by atoms with Crippen molar-refractivity contribution in [2.45, 2.75) is 38.1 Å². The van der Waals surface area contributed by atoms with Gasteiger partial charge in [0.1, 0.15) is 17.3 Å². The van der Waals surface area contributed by atoms with Crippen molar-refractivity contribution in [3.63, 3.8) is 0 Å². The Morgan fingerprint density at radius 3 is 2.39 bits per heavy atom. The summed E-state index contributed by atoms with van der Waals surface area (Å²) in [5.41, 5.74) is 3.81. The molecule has 0 unspecified atom stereocenters. The zero-order valence-electron chi connectivity index (χ0n) is 21.1. The number of imidazole rings is 1. The van der Waals surface area contributed by atoms with Crippen LogP contribution in [0.4, 0.5) is 5.69 Å². The highest BCUT2D eigenvalue weighted by Crippen LogP contribution is 2.50. The van der Waals surface area contributed by atoms with Gasteiger partial charge in [0.05, 0.1) is 12.8 Å². The molecule has 0 atom stereocenters. The minimum atomic E-state index is -0.690. The Hall–Kier alpha value is -4.05. The van der Waals surface area contributed by atoms with Crippen molar-refractivity contribution >= 4 is 30.5 Å². The molecule has 0 radical (unpaired) electrons. The van der Waals surface area contributed by atoms with Gasteiger partial charge in [-0.3, -0.25) is 4.79 Å².